The molecule has 0 aliphatic rings. The molecule has 3 N–H and O–H groups in total. The number of aromatic nitrogens is 1. The third kappa shape index (κ3) is 6.81. The average Bonchev–Trinajstić information content (AvgIpc) is 2.33. The fraction of sp³-hybridized carbons (Fsp3) is 0.538. The van der Waals surface area contributed by atoms with E-state index in [-0.39, 0.29) is 6.04 Å². The van der Waals surface area contributed by atoms with Crippen LogP contribution in [0.15, 0.2) is 29.4 Å². The smallest absolute Gasteiger partial charge is 0.0541 e. The standard InChI is InChI=1S/C13H22N4/c1-11(14)9-17-12(2)6-8-15-10-13-5-3-4-7-16-13/h3-5,7,9,11-12,15H,6,8,10,14H2,1-2H3. The van der Waals surface area contributed by atoms with Crippen LogP contribution in [0, 0.1) is 0 Å². The van der Waals surface area contributed by atoms with Gasteiger partial charge in [0.1, 0.15) is 0 Å². The van der Waals surface area contributed by atoms with Gasteiger partial charge in [-0.1, -0.05) is 6.07 Å². The summed E-state index contributed by atoms with van der Waals surface area (Å²) in [4.78, 5) is 8.61. The molecule has 1 rings (SSSR count). The van der Waals surface area contributed by atoms with Crippen LogP contribution < -0.4 is 11.1 Å². The van der Waals surface area contributed by atoms with Crippen molar-refractivity contribution in [3.63, 3.8) is 0 Å². The second kappa shape index (κ2) is 7.92. The lowest BCUT2D eigenvalue weighted by molar-refractivity contribution is 0.586. The SMILES string of the molecule is CC(N)C=NC(C)CCNCc1ccccn1. The van der Waals surface area contributed by atoms with Crippen LogP contribution in [0.3, 0.4) is 0 Å². The largest absolute Gasteiger partial charge is 0.323 e. The van der Waals surface area contributed by atoms with Gasteiger partial charge in [0.15, 0.2) is 0 Å². The molecule has 1 heterocycles. The number of nitrogens with one attached hydrogen (secondary N) is 1. The molecule has 1 aromatic rings. The van der Waals surface area contributed by atoms with E-state index >= 15 is 0 Å². The van der Waals surface area contributed by atoms with Crippen molar-refractivity contribution in [3.05, 3.63) is 30.1 Å². The summed E-state index contributed by atoms with van der Waals surface area (Å²) in [5, 5.41) is 3.35. The Morgan fingerprint density at radius 2 is 2.29 bits per heavy atom. The summed E-state index contributed by atoms with van der Waals surface area (Å²) in [6, 6.07) is 6.30. The second-order valence-corrected chi connectivity index (χ2v) is 4.29. The lowest BCUT2D eigenvalue weighted by Crippen LogP contribution is -2.20. The summed E-state index contributed by atoms with van der Waals surface area (Å²) < 4.78 is 0. The molecule has 0 aromatic carbocycles. The number of rotatable bonds is 7. The van der Waals surface area contributed by atoms with Crippen molar-refractivity contribution >= 4 is 6.21 Å². The van der Waals surface area contributed by atoms with Crippen molar-refractivity contribution in [1.29, 1.82) is 0 Å². The van der Waals surface area contributed by atoms with E-state index in [0.29, 0.717) is 6.04 Å². The van der Waals surface area contributed by atoms with Crippen molar-refractivity contribution in [3.8, 4) is 0 Å². The minimum atomic E-state index is 0.0407. The van der Waals surface area contributed by atoms with Gasteiger partial charge >= 0.3 is 0 Å². The molecule has 4 nitrogen and oxygen atoms in total. The molecule has 17 heavy (non-hydrogen) atoms. The van der Waals surface area contributed by atoms with Gasteiger partial charge in [0.25, 0.3) is 0 Å². The van der Waals surface area contributed by atoms with Gasteiger partial charge in [0.05, 0.1) is 5.69 Å². The summed E-state index contributed by atoms with van der Waals surface area (Å²) in [7, 11) is 0. The molecule has 0 aliphatic heterocycles. The summed E-state index contributed by atoms with van der Waals surface area (Å²) >= 11 is 0. The van der Waals surface area contributed by atoms with Gasteiger partial charge < -0.3 is 11.1 Å². The van der Waals surface area contributed by atoms with E-state index in [1.807, 2.05) is 37.5 Å². The van der Waals surface area contributed by atoms with Crippen molar-refractivity contribution in [1.82, 2.24) is 10.3 Å². The minimum Gasteiger partial charge on any atom is -0.323 e. The third-order valence-electron chi connectivity index (χ3n) is 2.35. The van der Waals surface area contributed by atoms with Crippen LogP contribution in [0.25, 0.3) is 0 Å². The molecule has 0 spiro atoms. The fourth-order valence-corrected chi connectivity index (χ4v) is 1.39. The topological polar surface area (TPSA) is 63.3 Å². The maximum Gasteiger partial charge on any atom is 0.0541 e. The molecule has 0 aliphatic carbocycles. The maximum atomic E-state index is 5.60. The highest BCUT2D eigenvalue weighted by Gasteiger charge is 1.98. The first-order valence-electron chi connectivity index (χ1n) is 6.08. The van der Waals surface area contributed by atoms with Crippen LogP contribution in [0.1, 0.15) is 26.0 Å². The zero-order valence-electron chi connectivity index (χ0n) is 10.6. The summed E-state index contributed by atoms with van der Waals surface area (Å²) in [5.74, 6) is 0. The second-order valence-electron chi connectivity index (χ2n) is 4.29. The first kappa shape index (κ1) is 13.8. The molecular formula is C13H22N4. The van der Waals surface area contributed by atoms with Crippen LogP contribution in [0.5, 0.6) is 0 Å². The molecule has 2 atom stereocenters. The highest BCUT2D eigenvalue weighted by atomic mass is 14.9. The Morgan fingerprint density at radius 3 is 2.94 bits per heavy atom. The minimum absolute atomic E-state index is 0.0407. The van der Waals surface area contributed by atoms with Gasteiger partial charge in [-0.15, -0.1) is 0 Å². The van der Waals surface area contributed by atoms with Crippen LogP contribution in [0.4, 0.5) is 0 Å². The Bertz CT molecular complexity index is 321. The Morgan fingerprint density at radius 1 is 1.47 bits per heavy atom. The summed E-state index contributed by atoms with van der Waals surface area (Å²) in [6.07, 6.45) is 4.63. The number of hydrogen-bond donors (Lipinski definition) is 2. The number of aliphatic imine (C=N–C) groups is 1. The molecule has 0 saturated carbocycles. The fourth-order valence-electron chi connectivity index (χ4n) is 1.39. The van der Waals surface area contributed by atoms with Gasteiger partial charge in [-0.3, -0.25) is 9.98 Å². The third-order valence-corrected chi connectivity index (χ3v) is 2.35. The Labute approximate surface area is 103 Å². The van der Waals surface area contributed by atoms with Gasteiger partial charge in [-0.05, 0) is 38.9 Å². The molecule has 0 saturated heterocycles. The van der Waals surface area contributed by atoms with Crippen LogP contribution in [0.2, 0.25) is 0 Å². The number of nitrogens with zero attached hydrogens (tertiary/aromatic N) is 2. The normalized spacial score (nSPS) is 15.0. The molecule has 2 unspecified atom stereocenters. The highest BCUT2D eigenvalue weighted by molar-refractivity contribution is 5.63. The van der Waals surface area contributed by atoms with Gasteiger partial charge in [0, 0.05) is 31.0 Å². The van der Waals surface area contributed by atoms with Gasteiger partial charge in [0.2, 0.25) is 0 Å². The van der Waals surface area contributed by atoms with Gasteiger partial charge in [-0.25, -0.2) is 0 Å². The summed E-state index contributed by atoms with van der Waals surface area (Å²) in [5.41, 5.74) is 6.67. The molecule has 0 bridgehead atoms. The van der Waals surface area contributed by atoms with E-state index < -0.39 is 0 Å². The Balaban J connectivity index is 2.12. The average molecular weight is 234 g/mol. The molecule has 1 aromatic heterocycles. The van der Waals surface area contributed by atoms with E-state index in [9.17, 15) is 0 Å². The van der Waals surface area contributed by atoms with Crippen LogP contribution in [-0.4, -0.2) is 29.8 Å². The predicted molar refractivity (Wildman–Crippen MR) is 72.2 cm³/mol. The van der Waals surface area contributed by atoms with Gasteiger partial charge in [-0.2, -0.15) is 0 Å². The zero-order chi connectivity index (χ0) is 12.5. The quantitative estimate of drug-likeness (QED) is 0.553. The number of pyridine rings is 1. The number of hydrogen-bond acceptors (Lipinski definition) is 4. The Hall–Kier alpha value is -1.26. The monoisotopic (exact) mass is 234 g/mol. The lowest BCUT2D eigenvalue weighted by Gasteiger charge is -2.08. The van der Waals surface area contributed by atoms with Crippen molar-refractivity contribution in [2.24, 2.45) is 10.7 Å². The summed E-state index contributed by atoms with van der Waals surface area (Å²) in [6.45, 7) is 5.77. The molecule has 0 fully saturated rings. The van der Waals surface area contributed by atoms with Crippen molar-refractivity contribution < 1.29 is 0 Å². The highest BCUT2D eigenvalue weighted by Crippen LogP contribution is 1.96. The van der Waals surface area contributed by atoms with E-state index in [0.717, 1.165) is 25.2 Å². The van der Waals surface area contributed by atoms with E-state index in [2.05, 4.69) is 22.2 Å². The molecule has 0 radical (unpaired) electrons. The molecule has 0 amide bonds. The first-order valence-corrected chi connectivity index (χ1v) is 6.08. The van der Waals surface area contributed by atoms with Crippen LogP contribution >= 0.6 is 0 Å². The predicted octanol–water partition coefficient (Wildman–Crippen LogP) is 1.37. The maximum absolute atomic E-state index is 5.60. The molecular weight excluding hydrogens is 212 g/mol. The van der Waals surface area contributed by atoms with Crippen molar-refractivity contribution in [2.75, 3.05) is 6.54 Å². The number of nitrogens with two attached hydrogens (primary N) is 1. The van der Waals surface area contributed by atoms with E-state index in [1.165, 1.54) is 0 Å². The lowest BCUT2D eigenvalue weighted by atomic mass is 10.2. The molecule has 94 valence electrons. The molecule has 4 heteroatoms. The zero-order valence-corrected chi connectivity index (χ0v) is 10.6. The van der Waals surface area contributed by atoms with Crippen LogP contribution in [-0.2, 0) is 6.54 Å². The van der Waals surface area contributed by atoms with E-state index in [4.69, 9.17) is 5.73 Å². The first-order chi connectivity index (χ1) is 8.18. The Kier molecular flexibility index (Phi) is 6.43. The van der Waals surface area contributed by atoms with E-state index in [1.54, 1.807) is 0 Å². The van der Waals surface area contributed by atoms with Crippen molar-refractivity contribution in [2.45, 2.75) is 38.9 Å².